The Kier molecular flexibility index (Phi) is 7.85. The van der Waals surface area contributed by atoms with Gasteiger partial charge in [-0.25, -0.2) is 8.42 Å². The lowest BCUT2D eigenvalue weighted by Gasteiger charge is -2.31. The van der Waals surface area contributed by atoms with Crippen molar-refractivity contribution in [2.45, 2.75) is 18.7 Å². The fraction of sp³-hybridized carbons (Fsp3) is 0.296. The number of nitrogens with one attached hydrogen (secondary N) is 1. The highest BCUT2D eigenvalue weighted by Gasteiger charge is 2.25. The zero-order valence-electron chi connectivity index (χ0n) is 20.1. The van der Waals surface area contributed by atoms with Gasteiger partial charge >= 0.3 is 0 Å². The number of morpholine rings is 1. The number of benzene rings is 3. The summed E-state index contributed by atoms with van der Waals surface area (Å²) in [5.41, 5.74) is 3.83. The van der Waals surface area contributed by atoms with Crippen molar-refractivity contribution >= 4 is 27.3 Å². The van der Waals surface area contributed by atoms with Crippen molar-refractivity contribution in [3.05, 3.63) is 78.4 Å². The molecule has 8 heteroatoms. The van der Waals surface area contributed by atoms with Crippen molar-refractivity contribution in [1.82, 2.24) is 4.31 Å². The average Bonchev–Trinajstić information content (AvgIpc) is 2.90. The Bertz CT molecular complexity index is 1250. The zero-order chi connectivity index (χ0) is 24.8. The Morgan fingerprint density at radius 2 is 1.54 bits per heavy atom. The van der Waals surface area contributed by atoms with Crippen molar-refractivity contribution in [2.75, 3.05) is 49.6 Å². The molecule has 0 saturated carbocycles. The summed E-state index contributed by atoms with van der Waals surface area (Å²) in [4.78, 5) is 15.5. The molecule has 0 radical (unpaired) electrons. The molecule has 1 N–H and O–H groups in total. The van der Waals surface area contributed by atoms with Crippen molar-refractivity contribution in [1.29, 1.82) is 0 Å². The second-order valence-electron chi connectivity index (χ2n) is 8.27. The number of rotatable bonds is 8. The summed E-state index contributed by atoms with van der Waals surface area (Å²) in [6.07, 6.45) is 0. The molecule has 184 valence electrons. The van der Waals surface area contributed by atoms with Gasteiger partial charge in [0.05, 0.1) is 29.5 Å². The van der Waals surface area contributed by atoms with Crippen LogP contribution in [0.3, 0.4) is 0 Å². The van der Waals surface area contributed by atoms with Crippen LogP contribution in [0.25, 0.3) is 11.1 Å². The first-order valence-electron chi connectivity index (χ1n) is 11.9. The summed E-state index contributed by atoms with van der Waals surface area (Å²) in [5, 5.41) is 2.97. The van der Waals surface area contributed by atoms with Crippen LogP contribution in [-0.2, 0) is 14.8 Å². The van der Waals surface area contributed by atoms with Gasteiger partial charge in [0.2, 0.25) is 10.0 Å². The summed E-state index contributed by atoms with van der Waals surface area (Å²) in [7, 11) is -3.67. The minimum absolute atomic E-state index is 0.160. The molecule has 0 aliphatic carbocycles. The predicted molar refractivity (Wildman–Crippen MR) is 139 cm³/mol. The number of carbonyl (C=O) groups excluding carboxylic acids is 1. The van der Waals surface area contributed by atoms with E-state index >= 15 is 0 Å². The molecule has 0 unspecified atom stereocenters. The molecule has 3 aromatic rings. The van der Waals surface area contributed by atoms with Crippen molar-refractivity contribution in [3.8, 4) is 11.1 Å². The summed E-state index contributed by atoms with van der Waals surface area (Å²) < 4.78 is 33.2. The Morgan fingerprint density at radius 3 is 2.17 bits per heavy atom. The molecule has 35 heavy (non-hydrogen) atoms. The molecule has 1 saturated heterocycles. The Morgan fingerprint density at radius 1 is 0.914 bits per heavy atom. The van der Waals surface area contributed by atoms with Gasteiger partial charge in [0, 0.05) is 31.7 Å². The molecule has 0 atom stereocenters. The van der Waals surface area contributed by atoms with E-state index in [-0.39, 0.29) is 10.8 Å². The van der Waals surface area contributed by atoms with Crippen molar-refractivity contribution in [3.63, 3.8) is 0 Å². The highest BCUT2D eigenvalue weighted by molar-refractivity contribution is 7.89. The molecule has 1 heterocycles. The zero-order valence-corrected chi connectivity index (χ0v) is 20.9. The van der Waals surface area contributed by atoms with Crippen LogP contribution in [0.1, 0.15) is 24.2 Å². The van der Waals surface area contributed by atoms with Gasteiger partial charge in [-0.2, -0.15) is 4.31 Å². The summed E-state index contributed by atoms with van der Waals surface area (Å²) in [6, 6.07) is 22.3. The van der Waals surface area contributed by atoms with E-state index < -0.39 is 10.0 Å². The number of hydrogen-bond acceptors (Lipinski definition) is 5. The lowest BCUT2D eigenvalue weighted by molar-refractivity contribution is 0.102. The Labute approximate surface area is 207 Å². The number of amides is 1. The first-order valence-corrected chi connectivity index (χ1v) is 13.3. The maximum atomic E-state index is 13.2. The minimum Gasteiger partial charge on any atom is -0.378 e. The maximum absolute atomic E-state index is 13.2. The maximum Gasteiger partial charge on any atom is 0.255 e. The monoisotopic (exact) mass is 493 g/mol. The van der Waals surface area contributed by atoms with Gasteiger partial charge in [-0.3, -0.25) is 4.79 Å². The summed E-state index contributed by atoms with van der Waals surface area (Å²) >= 11 is 0. The SMILES string of the molecule is CCN(CC)S(=O)(=O)c1ccc(N2CCOCC2)c(NC(=O)c2ccc(-c3ccccc3)cc2)c1. The number of sulfonamides is 1. The number of anilines is 2. The quantitative estimate of drug-likeness (QED) is 0.501. The number of ether oxygens (including phenoxy) is 1. The van der Waals surface area contributed by atoms with Gasteiger partial charge < -0.3 is 15.0 Å². The molecular formula is C27H31N3O4S. The summed E-state index contributed by atoms with van der Waals surface area (Å²) in [6.45, 7) is 6.85. The minimum atomic E-state index is -3.67. The molecule has 0 spiro atoms. The smallest absolute Gasteiger partial charge is 0.255 e. The van der Waals surface area contributed by atoms with E-state index in [0.717, 1.165) is 16.8 Å². The molecule has 0 bridgehead atoms. The fourth-order valence-electron chi connectivity index (χ4n) is 4.21. The molecule has 0 aromatic heterocycles. The van der Waals surface area contributed by atoms with Crippen LogP contribution in [0.15, 0.2) is 77.7 Å². The van der Waals surface area contributed by atoms with Gasteiger partial charge in [0.1, 0.15) is 0 Å². The number of nitrogens with zero attached hydrogens (tertiary/aromatic N) is 2. The lowest BCUT2D eigenvalue weighted by atomic mass is 10.0. The average molecular weight is 494 g/mol. The van der Waals surface area contributed by atoms with Gasteiger partial charge in [0.25, 0.3) is 5.91 Å². The third kappa shape index (κ3) is 5.56. The van der Waals surface area contributed by atoms with Crippen LogP contribution in [0, 0.1) is 0 Å². The molecule has 7 nitrogen and oxygen atoms in total. The molecule has 3 aromatic carbocycles. The molecular weight excluding hydrogens is 462 g/mol. The molecule has 1 aliphatic rings. The third-order valence-electron chi connectivity index (χ3n) is 6.17. The normalized spacial score (nSPS) is 14.2. The molecule has 1 amide bonds. The van der Waals surface area contributed by atoms with Crippen LogP contribution >= 0.6 is 0 Å². The van der Waals surface area contributed by atoms with Gasteiger partial charge in [-0.05, 0) is 41.5 Å². The Hall–Kier alpha value is -3.20. The molecule has 1 aliphatic heterocycles. The van der Waals surface area contributed by atoms with Gasteiger partial charge in [-0.1, -0.05) is 56.3 Å². The Balaban J connectivity index is 1.65. The van der Waals surface area contributed by atoms with E-state index in [9.17, 15) is 13.2 Å². The van der Waals surface area contributed by atoms with Crippen LogP contribution in [-0.4, -0.2) is 58.0 Å². The van der Waals surface area contributed by atoms with E-state index in [2.05, 4.69) is 10.2 Å². The van der Waals surface area contributed by atoms with E-state index in [0.29, 0.717) is 50.6 Å². The fourth-order valence-corrected chi connectivity index (χ4v) is 5.69. The van der Waals surface area contributed by atoms with Crippen LogP contribution < -0.4 is 10.2 Å². The first kappa shape index (κ1) is 24.9. The van der Waals surface area contributed by atoms with Gasteiger partial charge in [-0.15, -0.1) is 0 Å². The van der Waals surface area contributed by atoms with Crippen LogP contribution in [0.4, 0.5) is 11.4 Å². The summed E-state index contributed by atoms with van der Waals surface area (Å²) in [5.74, 6) is -0.295. The number of hydrogen-bond donors (Lipinski definition) is 1. The van der Waals surface area contributed by atoms with Crippen LogP contribution in [0.5, 0.6) is 0 Å². The first-order chi connectivity index (χ1) is 16.9. The van der Waals surface area contributed by atoms with Gasteiger partial charge in [0.15, 0.2) is 0 Å². The van der Waals surface area contributed by atoms with E-state index in [1.54, 1.807) is 30.3 Å². The van der Waals surface area contributed by atoms with Crippen molar-refractivity contribution in [2.24, 2.45) is 0 Å². The van der Waals surface area contributed by atoms with E-state index in [1.807, 2.05) is 56.3 Å². The number of carbonyl (C=O) groups is 1. The third-order valence-corrected chi connectivity index (χ3v) is 8.21. The van der Waals surface area contributed by atoms with Crippen molar-refractivity contribution < 1.29 is 17.9 Å². The van der Waals surface area contributed by atoms with E-state index in [1.165, 1.54) is 4.31 Å². The lowest BCUT2D eigenvalue weighted by Crippen LogP contribution is -2.37. The predicted octanol–water partition coefficient (Wildman–Crippen LogP) is 4.47. The van der Waals surface area contributed by atoms with Crippen LogP contribution in [0.2, 0.25) is 0 Å². The van der Waals surface area contributed by atoms with E-state index in [4.69, 9.17) is 4.74 Å². The second kappa shape index (κ2) is 11.0. The second-order valence-corrected chi connectivity index (χ2v) is 10.2. The highest BCUT2D eigenvalue weighted by Crippen LogP contribution is 2.31. The largest absolute Gasteiger partial charge is 0.378 e. The highest BCUT2D eigenvalue weighted by atomic mass is 32.2. The molecule has 4 rings (SSSR count). The standard InChI is InChI=1S/C27H31N3O4S/c1-3-30(4-2)35(32,33)24-14-15-26(29-16-18-34-19-17-29)25(20-24)28-27(31)23-12-10-22(11-13-23)21-8-6-5-7-9-21/h5-15,20H,3-4,16-19H2,1-2H3,(H,28,31). The topological polar surface area (TPSA) is 79.0 Å². The molecule has 1 fully saturated rings.